The number of hydrogen-bond acceptors (Lipinski definition) is 7. The first-order valence-electron chi connectivity index (χ1n) is 9.29. The molecule has 2 aliphatic rings. The van der Waals surface area contributed by atoms with Gasteiger partial charge >= 0.3 is 12.1 Å². The average Bonchev–Trinajstić information content (AvgIpc) is 2.78. The van der Waals surface area contributed by atoms with Crippen molar-refractivity contribution in [1.82, 2.24) is 4.90 Å². The van der Waals surface area contributed by atoms with Crippen LogP contribution in [-0.2, 0) is 30.2 Å². The Hall–Kier alpha value is -2.22. The van der Waals surface area contributed by atoms with E-state index in [1.807, 2.05) is 44.2 Å². The van der Waals surface area contributed by atoms with Crippen molar-refractivity contribution >= 4 is 29.8 Å². The van der Waals surface area contributed by atoms with Gasteiger partial charge in [-0.05, 0) is 26.3 Å². The van der Waals surface area contributed by atoms with Crippen molar-refractivity contribution in [3.05, 3.63) is 35.9 Å². The fourth-order valence-electron chi connectivity index (χ4n) is 3.83. The van der Waals surface area contributed by atoms with Gasteiger partial charge in [0.25, 0.3) is 0 Å². The lowest BCUT2D eigenvalue weighted by Gasteiger charge is -2.47. The zero-order valence-electron chi connectivity index (χ0n) is 16.5. The first-order valence-corrected chi connectivity index (χ1v) is 10.2. The number of fused-ring (bicyclic) bond motifs is 1. The number of amides is 1. The molecule has 2 fully saturated rings. The van der Waals surface area contributed by atoms with Gasteiger partial charge in [-0.2, -0.15) is 0 Å². The van der Waals surface area contributed by atoms with Crippen molar-refractivity contribution in [1.29, 1.82) is 0 Å². The minimum atomic E-state index is -1.19. The molecule has 1 aromatic rings. The smallest absolute Gasteiger partial charge is 0.435 e. The highest BCUT2D eigenvalue weighted by Crippen LogP contribution is 2.58. The highest BCUT2D eigenvalue weighted by molar-refractivity contribution is 8.01. The monoisotopic (exact) mass is 407 g/mol. The van der Waals surface area contributed by atoms with Crippen LogP contribution in [0.2, 0.25) is 0 Å². The second kappa shape index (κ2) is 7.66. The first-order chi connectivity index (χ1) is 13.2. The van der Waals surface area contributed by atoms with Crippen LogP contribution in [-0.4, -0.2) is 51.5 Å². The first kappa shape index (κ1) is 20.5. The quantitative estimate of drug-likeness (QED) is 0.407. The van der Waals surface area contributed by atoms with Gasteiger partial charge in [0.05, 0.1) is 18.4 Å². The number of rotatable bonds is 6. The van der Waals surface area contributed by atoms with E-state index in [9.17, 15) is 14.4 Å². The third-order valence-electron chi connectivity index (χ3n) is 5.18. The lowest BCUT2D eigenvalue weighted by molar-refractivity contribution is -0.190. The largest absolute Gasteiger partial charge is 0.511 e. The van der Waals surface area contributed by atoms with Gasteiger partial charge < -0.3 is 19.1 Å². The van der Waals surface area contributed by atoms with E-state index in [4.69, 9.17) is 14.2 Å². The maximum absolute atomic E-state index is 13.4. The Morgan fingerprint density at radius 2 is 1.93 bits per heavy atom. The molecule has 3 rings (SSSR count). The lowest BCUT2D eigenvalue weighted by Crippen LogP contribution is -2.68. The van der Waals surface area contributed by atoms with E-state index in [2.05, 4.69) is 0 Å². The summed E-state index contributed by atoms with van der Waals surface area (Å²) in [7, 11) is 0. The number of ether oxygens (including phenoxy) is 3. The third-order valence-corrected chi connectivity index (χ3v) is 6.76. The normalized spacial score (nSPS) is 26.1. The summed E-state index contributed by atoms with van der Waals surface area (Å²) >= 11 is 1.60. The van der Waals surface area contributed by atoms with Crippen molar-refractivity contribution in [2.24, 2.45) is 0 Å². The Labute approximate surface area is 168 Å². The van der Waals surface area contributed by atoms with Gasteiger partial charge in [0.15, 0.2) is 5.54 Å². The molecule has 3 atom stereocenters. The maximum Gasteiger partial charge on any atom is 0.511 e. The number of benzene rings is 1. The van der Waals surface area contributed by atoms with E-state index < -0.39 is 28.7 Å². The molecule has 2 aliphatic heterocycles. The molecule has 0 radical (unpaired) electrons. The maximum atomic E-state index is 13.4. The summed E-state index contributed by atoms with van der Waals surface area (Å²) in [4.78, 5) is 39.0. The molecule has 28 heavy (non-hydrogen) atoms. The highest BCUT2D eigenvalue weighted by atomic mass is 32.2. The number of β-lactam (4-membered cyclic amide) rings is 1. The molecule has 0 saturated carbocycles. The Balaban J connectivity index is 1.89. The van der Waals surface area contributed by atoms with Crippen molar-refractivity contribution in [2.45, 2.75) is 62.5 Å². The fourth-order valence-corrected chi connectivity index (χ4v) is 5.59. The summed E-state index contributed by atoms with van der Waals surface area (Å²) in [5.41, 5.74) is -0.266. The Morgan fingerprint density at radius 3 is 2.54 bits per heavy atom. The molecule has 2 saturated heterocycles. The van der Waals surface area contributed by atoms with Crippen LogP contribution in [0.1, 0.15) is 39.7 Å². The van der Waals surface area contributed by atoms with Crippen LogP contribution in [0.5, 0.6) is 0 Å². The molecule has 0 aliphatic carbocycles. The number of esters is 1. The molecule has 8 heteroatoms. The van der Waals surface area contributed by atoms with Gasteiger partial charge in [0.2, 0.25) is 12.2 Å². The molecule has 2 heterocycles. The van der Waals surface area contributed by atoms with Crippen LogP contribution in [0, 0.1) is 0 Å². The molecule has 0 spiro atoms. The van der Waals surface area contributed by atoms with Gasteiger partial charge in [-0.1, -0.05) is 30.3 Å². The molecule has 152 valence electrons. The number of carbonyl (C=O) groups excluding carboxylic acids is 3. The minimum Gasteiger partial charge on any atom is -0.435 e. The lowest BCUT2D eigenvalue weighted by atomic mass is 9.77. The Bertz CT molecular complexity index is 767. The van der Waals surface area contributed by atoms with Crippen LogP contribution in [0.15, 0.2) is 30.3 Å². The van der Waals surface area contributed by atoms with Crippen LogP contribution in [0.25, 0.3) is 0 Å². The van der Waals surface area contributed by atoms with Crippen LogP contribution in [0.4, 0.5) is 4.79 Å². The summed E-state index contributed by atoms with van der Waals surface area (Å²) in [5.74, 6) is -0.656. The van der Waals surface area contributed by atoms with Crippen molar-refractivity contribution in [2.75, 3.05) is 6.61 Å². The van der Waals surface area contributed by atoms with Crippen LogP contribution in [0.3, 0.4) is 0 Å². The van der Waals surface area contributed by atoms with E-state index in [0.717, 1.165) is 5.56 Å². The van der Waals surface area contributed by atoms with Crippen LogP contribution >= 0.6 is 11.8 Å². The van der Waals surface area contributed by atoms with E-state index in [1.165, 1.54) is 6.92 Å². The van der Waals surface area contributed by atoms with Gasteiger partial charge in [-0.25, -0.2) is 9.59 Å². The van der Waals surface area contributed by atoms with E-state index in [0.29, 0.717) is 12.8 Å². The molecule has 1 aromatic carbocycles. The van der Waals surface area contributed by atoms with Crippen molar-refractivity contribution in [3.8, 4) is 0 Å². The summed E-state index contributed by atoms with van der Waals surface area (Å²) in [6, 6.07) is 9.53. The van der Waals surface area contributed by atoms with E-state index in [-0.39, 0.29) is 17.9 Å². The molecule has 0 N–H and O–H groups in total. The highest BCUT2D eigenvalue weighted by Gasteiger charge is 2.69. The summed E-state index contributed by atoms with van der Waals surface area (Å²) in [6.45, 7) is 7.16. The molecule has 1 unspecified atom stereocenters. The molecular formula is C20H25NO6S. The average molecular weight is 407 g/mol. The minimum absolute atomic E-state index is 0.0555. The zero-order valence-corrected chi connectivity index (χ0v) is 17.3. The summed E-state index contributed by atoms with van der Waals surface area (Å²) < 4.78 is 14.6. The molecule has 1 amide bonds. The second-order valence-electron chi connectivity index (χ2n) is 7.35. The Morgan fingerprint density at radius 1 is 1.25 bits per heavy atom. The second-order valence-corrected chi connectivity index (χ2v) is 9.15. The topological polar surface area (TPSA) is 82.1 Å². The van der Waals surface area contributed by atoms with Gasteiger partial charge in [-0.3, -0.25) is 4.79 Å². The zero-order chi connectivity index (χ0) is 20.5. The van der Waals surface area contributed by atoms with Gasteiger partial charge in [0, 0.05) is 18.1 Å². The SMILES string of the molecule is CCOC(=O)OC(C)OC(=O)[C@]1(Cc2ccccc2)N2C(=O)C[C@H]2SC1(C)C. The summed E-state index contributed by atoms with van der Waals surface area (Å²) in [6.07, 6.45) is -1.30. The van der Waals surface area contributed by atoms with Gasteiger partial charge in [-0.15, -0.1) is 11.8 Å². The molecule has 0 aromatic heterocycles. The Kier molecular flexibility index (Phi) is 5.61. The standard InChI is InChI=1S/C20H25NO6S/c1-5-25-18(24)27-13(2)26-17(23)20(12-14-9-7-6-8-10-14)19(3,4)28-16-11-15(22)21(16)20/h6-10,13,16H,5,11-12H2,1-4H3/t13?,16-,20+/m1/s1. The molecule has 7 nitrogen and oxygen atoms in total. The fraction of sp³-hybridized carbons (Fsp3) is 0.550. The van der Waals surface area contributed by atoms with E-state index in [1.54, 1.807) is 23.6 Å². The summed E-state index contributed by atoms with van der Waals surface area (Å²) in [5, 5.41) is -0.0555. The number of carbonyl (C=O) groups is 3. The van der Waals surface area contributed by atoms with E-state index >= 15 is 0 Å². The molecule has 0 bridgehead atoms. The van der Waals surface area contributed by atoms with Crippen LogP contribution < -0.4 is 0 Å². The van der Waals surface area contributed by atoms with Crippen molar-refractivity contribution < 1.29 is 28.6 Å². The molecular weight excluding hydrogens is 382 g/mol. The van der Waals surface area contributed by atoms with Crippen molar-refractivity contribution in [3.63, 3.8) is 0 Å². The predicted molar refractivity (Wildman–Crippen MR) is 103 cm³/mol. The third kappa shape index (κ3) is 3.45. The number of nitrogens with zero attached hydrogens (tertiary/aromatic N) is 1. The predicted octanol–water partition coefficient (Wildman–Crippen LogP) is 3.11. The number of hydrogen-bond donors (Lipinski definition) is 0. The number of thioether (sulfide) groups is 1. The van der Waals surface area contributed by atoms with Gasteiger partial charge in [0.1, 0.15) is 0 Å².